The van der Waals surface area contributed by atoms with Crippen LogP contribution in [0.15, 0.2) is 18.2 Å². The van der Waals surface area contributed by atoms with Crippen molar-refractivity contribution in [3.8, 4) is 5.75 Å². The van der Waals surface area contributed by atoms with Crippen molar-refractivity contribution < 1.29 is 9.84 Å². The van der Waals surface area contributed by atoms with Crippen LogP contribution >= 0.6 is 0 Å². The van der Waals surface area contributed by atoms with E-state index in [1.54, 1.807) is 6.07 Å². The Balaban J connectivity index is 1.72. The zero-order valence-electron chi connectivity index (χ0n) is 11.4. The number of hydrogen-bond donors (Lipinski definition) is 1. The smallest absolute Gasteiger partial charge is 0.130 e. The molecule has 2 heterocycles. The third-order valence-electron chi connectivity index (χ3n) is 5.24. The number of phenolic OH excluding ortho intramolecular Hbond substituents is 1. The van der Waals surface area contributed by atoms with Gasteiger partial charge < -0.3 is 14.7 Å². The summed E-state index contributed by atoms with van der Waals surface area (Å²) in [7, 11) is 0. The van der Waals surface area contributed by atoms with Gasteiger partial charge in [0.05, 0.1) is 0 Å². The van der Waals surface area contributed by atoms with E-state index in [-0.39, 0.29) is 11.6 Å². The van der Waals surface area contributed by atoms with Crippen molar-refractivity contribution in [2.45, 2.75) is 44.2 Å². The molecule has 3 unspecified atom stereocenters. The van der Waals surface area contributed by atoms with Gasteiger partial charge >= 0.3 is 0 Å². The van der Waals surface area contributed by atoms with Crippen LogP contribution in [0.25, 0.3) is 0 Å². The van der Waals surface area contributed by atoms with Crippen LogP contribution in [0.1, 0.15) is 38.2 Å². The molecule has 3 atom stereocenters. The molecule has 1 saturated carbocycles. The van der Waals surface area contributed by atoms with Gasteiger partial charge in [-0.3, -0.25) is 0 Å². The fourth-order valence-corrected chi connectivity index (χ4v) is 3.96. The van der Waals surface area contributed by atoms with Crippen LogP contribution < -0.4 is 4.90 Å². The number of rotatable bonds is 1. The standard InChI is InChI=1S/C16H21NO2/c1-11-9-16(11)10-17(15-4-2-3-7-19-15)14-6-5-12(18)8-13(14)16/h5-6,8,11,15,18H,2-4,7,9-10H2,1H3. The molecule has 3 aliphatic rings. The first-order valence-electron chi connectivity index (χ1n) is 7.42. The Morgan fingerprint density at radius 3 is 2.89 bits per heavy atom. The summed E-state index contributed by atoms with van der Waals surface area (Å²) in [6.45, 7) is 4.27. The lowest BCUT2D eigenvalue weighted by molar-refractivity contribution is 0.0146. The van der Waals surface area contributed by atoms with Crippen LogP contribution in [-0.4, -0.2) is 24.5 Å². The number of ether oxygens (including phenoxy) is 1. The van der Waals surface area contributed by atoms with Crippen molar-refractivity contribution >= 4 is 5.69 Å². The van der Waals surface area contributed by atoms with Crippen molar-refractivity contribution in [3.05, 3.63) is 23.8 Å². The van der Waals surface area contributed by atoms with E-state index < -0.39 is 0 Å². The monoisotopic (exact) mass is 259 g/mol. The number of aromatic hydroxyl groups is 1. The van der Waals surface area contributed by atoms with Crippen LogP contribution in [0.5, 0.6) is 5.75 Å². The van der Waals surface area contributed by atoms with Crippen molar-refractivity contribution in [2.75, 3.05) is 18.1 Å². The van der Waals surface area contributed by atoms with Crippen molar-refractivity contribution in [1.82, 2.24) is 0 Å². The molecule has 2 aliphatic heterocycles. The summed E-state index contributed by atoms with van der Waals surface area (Å²) in [6.07, 6.45) is 5.06. The number of benzene rings is 1. The second-order valence-electron chi connectivity index (χ2n) is 6.41. The predicted molar refractivity (Wildman–Crippen MR) is 74.5 cm³/mol. The maximum Gasteiger partial charge on any atom is 0.130 e. The van der Waals surface area contributed by atoms with Crippen molar-refractivity contribution in [3.63, 3.8) is 0 Å². The van der Waals surface area contributed by atoms with Gasteiger partial charge in [-0.25, -0.2) is 0 Å². The van der Waals surface area contributed by atoms with E-state index in [2.05, 4.69) is 17.9 Å². The molecule has 1 aromatic carbocycles. The molecule has 1 spiro atoms. The molecular weight excluding hydrogens is 238 g/mol. The highest BCUT2D eigenvalue weighted by Gasteiger charge is 2.58. The van der Waals surface area contributed by atoms with E-state index in [9.17, 15) is 5.11 Å². The first-order chi connectivity index (χ1) is 9.21. The fraction of sp³-hybridized carbons (Fsp3) is 0.625. The van der Waals surface area contributed by atoms with Gasteiger partial charge in [-0.1, -0.05) is 6.92 Å². The summed E-state index contributed by atoms with van der Waals surface area (Å²) in [5, 5.41) is 9.79. The first-order valence-corrected chi connectivity index (χ1v) is 7.42. The zero-order chi connectivity index (χ0) is 13.0. The molecular formula is C16H21NO2. The topological polar surface area (TPSA) is 32.7 Å². The summed E-state index contributed by atoms with van der Waals surface area (Å²) < 4.78 is 5.97. The van der Waals surface area contributed by atoms with E-state index in [0.29, 0.717) is 5.75 Å². The third kappa shape index (κ3) is 1.61. The molecule has 1 saturated heterocycles. The largest absolute Gasteiger partial charge is 0.508 e. The summed E-state index contributed by atoms with van der Waals surface area (Å²) >= 11 is 0. The van der Waals surface area contributed by atoms with Gasteiger partial charge in [0, 0.05) is 24.3 Å². The SMILES string of the molecule is CC1CC12CN(C1CCCCO1)c1ccc(O)cc12. The fourth-order valence-electron chi connectivity index (χ4n) is 3.96. The highest BCUT2D eigenvalue weighted by molar-refractivity contribution is 5.67. The van der Waals surface area contributed by atoms with Crippen LogP contribution in [0.3, 0.4) is 0 Å². The Hall–Kier alpha value is -1.22. The lowest BCUT2D eigenvalue weighted by atomic mass is 9.96. The maximum atomic E-state index is 9.79. The van der Waals surface area contributed by atoms with Crippen molar-refractivity contribution in [1.29, 1.82) is 0 Å². The van der Waals surface area contributed by atoms with Crippen molar-refractivity contribution in [2.24, 2.45) is 5.92 Å². The third-order valence-corrected chi connectivity index (χ3v) is 5.24. The van der Waals surface area contributed by atoms with Gasteiger partial charge in [0.1, 0.15) is 12.0 Å². The molecule has 2 fully saturated rings. The minimum atomic E-state index is 0.240. The molecule has 4 rings (SSSR count). The summed E-state index contributed by atoms with van der Waals surface area (Å²) in [6, 6.07) is 5.85. The van der Waals surface area contributed by atoms with Crippen LogP contribution in [-0.2, 0) is 10.2 Å². The number of nitrogens with zero attached hydrogens (tertiary/aromatic N) is 1. The molecule has 0 amide bonds. The first kappa shape index (κ1) is 11.6. The Kier molecular flexibility index (Phi) is 2.37. The van der Waals surface area contributed by atoms with Gasteiger partial charge in [0.25, 0.3) is 0 Å². The average molecular weight is 259 g/mol. The van der Waals surface area contributed by atoms with Gasteiger partial charge in [0.2, 0.25) is 0 Å². The number of anilines is 1. The molecule has 19 heavy (non-hydrogen) atoms. The maximum absolute atomic E-state index is 9.79. The number of hydrogen-bond acceptors (Lipinski definition) is 3. The molecule has 1 aromatic rings. The lowest BCUT2D eigenvalue weighted by Crippen LogP contribution is -2.40. The molecule has 3 nitrogen and oxygen atoms in total. The van der Waals surface area contributed by atoms with Gasteiger partial charge in [-0.05, 0) is 55.4 Å². The number of fused-ring (bicyclic) bond motifs is 2. The highest BCUT2D eigenvalue weighted by atomic mass is 16.5. The predicted octanol–water partition coefficient (Wildman–Crippen LogP) is 3.02. The average Bonchev–Trinajstić information content (AvgIpc) is 2.96. The molecule has 1 aliphatic carbocycles. The van der Waals surface area contributed by atoms with E-state index in [1.807, 2.05) is 6.07 Å². The Bertz CT molecular complexity index is 509. The zero-order valence-corrected chi connectivity index (χ0v) is 11.4. The van der Waals surface area contributed by atoms with Crippen LogP contribution in [0.2, 0.25) is 0 Å². The molecule has 0 bridgehead atoms. The molecule has 3 heteroatoms. The van der Waals surface area contributed by atoms with Crippen LogP contribution in [0.4, 0.5) is 5.69 Å². The van der Waals surface area contributed by atoms with E-state index in [4.69, 9.17) is 4.74 Å². The second-order valence-corrected chi connectivity index (χ2v) is 6.41. The quantitative estimate of drug-likeness (QED) is 0.841. The number of phenols is 1. The van der Waals surface area contributed by atoms with Crippen LogP contribution in [0, 0.1) is 5.92 Å². The molecule has 1 N–H and O–H groups in total. The molecule has 102 valence electrons. The minimum absolute atomic E-state index is 0.240. The Morgan fingerprint density at radius 2 is 2.21 bits per heavy atom. The lowest BCUT2D eigenvalue weighted by Gasteiger charge is -2.33. The van der Waals surface area contributed by atoms with E-state index >= 15 is 0 Å². The van der Waals surface area contributed by atoms with Gasteiger partial charge in [0.15, 0.2) is 0 Å². The Morgan fingerprint density at radius 1 is 1.37 bits per heavy atom. The second kappa shape index (κ2) is 3.89. The minimum Gasteiger partial charge on any atom is -0.508 e. The summed E-state index contributed by atoms with van der Waals surface area (Å²) in [4.78, 5) is 2.44. The van der Waals surface area contributed by atoms with Gasteiger partial charge in [-0.15, -0.1) is 0 Å². The highest BCUT2D eigenvalue weighted by Crippen LogP contribution is 2.61. The molecule has 0 radical (unpaired) electrons. The summed E-state index contributed by atoms with van der Waals surface area (Å²) in [5.41, 5.74) is 2.91. The Labute approximate surface area is 114 Å². The van der Waals surface area contributed by atoms with E-state index in [1.165, 1.54) is 30.5 Å². The normalized spacial score (nSPS) is 36.6. The van der Waals surface area contributed by atoms with Gasteiger partial charge in [-0.2, -0.15) is 0 Å². The molecule has 0 aromatic heterocycles. The summed E-state index contributed by atoms with van der Waals surface area (Å²) in [5.74, 6) is 1.12. The van der Waals surface area contributed by atoms with E-state index in [0.717, 1.165) is 25.5 Å².